The second kappa shape index (κ2) is 7.56. The molecule has 1 aliphatic carbocycles. The van der Waals surface area contributed by atoms with Crippen LogP contribution in [0.1, 0.15) is 30.5 Å². The van der Waals surface area contributed by atoms with Crippen molar-refractivity contribution in [1.29, 1.82) is 0 Å². The van der Waals surface area contributed by atoms with Gasteiger partial charge in [-0.1, -0.05) is 11.3 Å². The fourth-order valence-corrected chi connectivity index (χ4v) is 4.50. The summed E-state index contributed by atoms with van der Waals surface area (Å²) in [6.07, 6.45) is 0.363. The third kappa shape index (κ3) is 3.33. The first-order chi connectivity index (χ1) is 14.7. The molecule has 3 heterocycles. The average molecular weight is 444 g/mol. The van der Waals surface area contributed by atoms with Gasteiger partial charge in [-0.15, -0.1) is 0 Å². The summed E-state index contributed by atoms with van der Waals surface area (Å²) in [5, 5.41) is 27.5. The van der Waals surface area contributed by atoms with Gasteiger partial charge in [0.05, 0.1) is 16.6 Å². The number of fused-ring (bicyclic) bond motifs is 1. The van der Waals surface area contributed by atoms with E-state index in [0.29, 0.717) is 16.2 Å². The van der Waals surface area contributed by atoms with Crippen molar-refractivity contribution >= 4 is 34.2 Å². The minimum atomic E-state index is -1.79. The number of thiophene rings is 1. The molecule has 1 amide bonds. The maximum atomic E-state index is 13.2. The first-order valence-electron chi connectivity index (χ1n) is 9.56. The predicted octanol–water partition coefficient (Wildman–Crippen LogP) is 1.02. The SMILES string of the molecule is CNC(=O)C1(C)CC[C@](O)(n2cnc3c(NC)nc(C#Cc4ccc(F)s4)nc32)[C@@H]1O. The highest BCUT2D eigenvalue weighted by molar-refractivity contribution is 7.10. The van der Waals surface area contributed by atoms with Gasteiger partial charge in [-0.05, 0) is 43.7 Å². The summed E-state index contributed by atoms with van der Waals surface area (Å²) in [5.41, 5.74) is -2.34. The predicted molar refractivity (Wildman–Crippen MR) is 113 cm³/mol. The zero-order valence-corrected chi connectivity index (χ0v) is 17.9. The highest BCUT2D eigenvalue weighted by Gasteiger charge is 2.58. The van der Waals surface area contributed by atoms with Gasteiger partial charge in [-0.2, -0.15) is 4.39 Å². The molecule has 3 atom stereocenters. The van der Waals surface area contributed by atoms with Crippen LogP contribution in [0.15, 0.2) is 18.5 Å². The Bertz CT molecular complexity index is 1230. The van der Waals surface area contributed by atoms with E-state index in [-0.39, 0.29) is 35.4 Å². The number of halogens is 1. The van der Waals surface area contributed by atoms with E-state index in [1.54, 1.807) is 20.0 Å². The fraction of sp³-hybridized carbons (Fsp3) is 0.400. The Morgan fingerprint density at radius 2 is 2.10 bits per heavy atom. The normalized spacial score (nSPS) is 25.3. The number of anilines is 1. The smallest absolute Gasteiger partial charge is 0.228 e. The zero-order valence-electron chi connectivity index (χ0n) is 17.1. The lowest BCUT2D eigenvalue weighted by Crippen LogP contribution is -2.51. The van der Waals surface area contributed by atoms with Crippen LogP contribution in [0.4, 0.5) is 10.2 Å². The summed E-state index contributed by atoms with van der Waals surface area (Å²) in [5.74, 6) is 5.77. The number of rotatable bonds is 3. The number of aromatic nitrogens is 4. The molecule has 1 aliphatic rings. The summed E-state index contributed by atoms with van der Waals surface area (Å²) < 4.78 is 14.6. The molecule has 0 bridgehead atoms. The van der Waals surface area contributed by atoms with E-state index in [9.17, 15) is 19.4 Å². The number of imidazole rings is 1. The Balaban J connectivity index is 1.81. The van der Waals surface area contributed by atoms with Crippen molar-refractivity contribution in [3.63, 3.8) is 0 Å². The highest BCUT2D eigenvalue weighted by atomic mass is 32.1. The first-order valence-corrected chi connectivity index (χ1v) is 10.4. The second-order valence-electron chi connectivity index (χ2n) is 7.56. The van der Waals surface area contributed by atoms with Crippen molar-refractivity contribution in [2.24, 2.45) is 5.41 Å². The van der Waals surface area contributed by atoms with Crippen LogP contribution in [0.3, 0.4) is 0 Å². The number of hydrogen-bond donors (Lipinski definition) is 4. The van der Waals surface area contributed by atoms with Gasteiger partial charge in [-0.3, -0.25) is 9.36 Å². The molecular weight excluding hydrogens is 423 g/mol. The molecule has 4 N–H and O–H groups in total. The van der Waals surface area contributed by atoms with Crippen LogP contribution in [0.2, 0.25) is 0 Å². The minimum absolute atomic E-state index is 0.123. The van der Waals surface area contributed by atoms with Crippen molar-refractivity contribution in [2.75, 3.05) is 19.4 Å². The third-order valence-corrected chi connectivity index (χ3v) is 6.51. The van der Waals surface area contributed by atoms with Crippen molar-refractivity contribution in [1.82, 2.24) is 24.8 Å². The molecule has 0 spiro atoms. The van der Waals surface area contributed by atoms with E-state index < -0.39 is 17.2 Å². The lowest BCUT2D eigenvalue weighted by atomic mass is 9.84. The molecule has 9 nitrogen and oxygen atoms in total. The summed E-state index contributed by atoms with van der Waals surface area (Å²) in [4.78, 5) is 25.9. The second-order valence-corrected chi connectivity index (χ2v) is 8.60. The number of nitrogens with zero attached hydrogens (tertiary/aromatic N) is 4. The number of nitrogens with one attached hydrogen (secondary N) is 2. The number of amides is 1. The Kier molecular flexibility index (Phi) is 5.17. The van der Waals surface area contributed by atoms with Crippen molar-refractivity contribution in [2.45, 2.75) is 31.6 Å². The van der Waals surface area contributed by atoms with Gasteiger partial charge in [0.15, 0.2) is 27.8 Å². The van der Waals surface area contributed by atoms with Crippen molar-refractivity contribution in [3.8, 4) is 11.8 Å². The highest BCUT2D eigenvalue weighted by Crippen LogP contribution is 2.47. The Morgan fingerprint density at radius 3 is 2.74 bits per heavy atom. The van der Waals surface area contributed by atoms with E-state index in [1.165, 1.54) is 24.0 Å². The molecule has 31 heavy (non-hydrogen) atoms. The molecule has 3 aromatic rings. The fourth-order valence-electron chi connectivity index (χ4n) is 3.92. The van der Waals surface area contributed by atoms with Gasteiger partial charge in [0.2, 0.25) is 11.7 Å². The maximum absolute atomic E-state index is 13.2. The Morgan fingerprint density at radius 1 is 1.32 bits per heavy atom. The molecule has 1 saturated carbocycles. The van der Waals surface area contributed by atoms with Crippen LogP contribution in [0, 0.1) is 22.4 Å². The summed E-state index contributed by atoms with van der Waals surface area (Å²) in [7, 11) is 3.15. The zero-order chi connectivity index (χ0) is 22.4. The number of aliphatic hydroxyl groups is 2. The molecule has 0 aromatic carbocycles. The van der Waals surface area contributed by atoms with E-state index in [0.717, 1.165) is 11.3 Å². The number of aliphatic hydroxyl groups excluding tert-OH is 1. The molecule has 0 radical (unpaired) electrons. The van der Waals surface area contributed by atoms with Gasteiger partial charge in [0.25, 0.3) is 0 Å². The van der Waals surface area contributed by atoms with Crippen LogP contribution in [-0.4, -0.2) is 55.8 Å². The average Bonchev–Trinajstić information content (AvgIpc) is 3.45. The third-order valence-electron chi connectivity index (χ3n) is 5.72. The molecule has 0 aliphatic heterocycles. The maximum Gasteiger partial charge on any atom is 0.228 e. The molecule has 1 unspecified atom stereocenters. The largest absolute Gasteiger partial charge is 0.387 e. The van der Waals surface area contributed by atoms with Crippen LogP contribution in [0.25, 0.3) is 11.2 Å². The standard InChI is InChI=1S/C20H21FN6O3S/c1-19(18(29)23-3)8-9-20(30,17(19)28)27-10-24-14-15(22-2)25-13(26-16(14)27)7-5-11-4-6-12(21)31-11/h4,6,10,17,28,30H,8-9H2,1-3H3,(H,23,29)(H,22,25,26)/t17-,19?,20-/m1/s1. The number of carbonyl (C=O) groups excluding carboxylic acids is 1. The minimum Gasteiger partial charge on any atom is -0.387 e. The summed E-state index contributed by atoms with van der Waals surface area (Å²) in [6.45, 7) is 1.61. The Hall–Kier alpha value is -3.07. The molecule has 11 heteroatoms. The van der Waals surface area contributed by atoms with Gasteiger partial charge in [0, 0.05) is 14.1 Å². The van der Waals surface area contributed by atoms with Crippen molar-refractivity contribution < 1.29 is 19.4 Å². The number of carbonyl (C=O) groups is 1. The van der Waals surface area contributed by atoms with Crippen LogP contribution in [-0.2, 0) is 10.5 Å². The molecule has 0 saturated heterocycles. The molecule has 1 fully saturated rings. The summed E-state index contributed by atoms with van der Waals surface area (Å²) in [6, 6.07) is 2.89. The van der Waals surface area contributed by atoms with E-state index in [1.807, 2.05) is 0 Å². The van der Waals surface area contributed by atoms with E-state index >= 15 is 0 Å². The van der Waals surface area contributed by atoms with E-state index in [4.69, 9.17) is 0 Å². The number of hydrogen-bond acceptors (Lipinski definition) is 8. The van der Waals surface area contributed by atoms with Crippen LogP contribution >= 0.6 is 11.3 Å². The molecule has 162 valence electrons. The van der Waals surface area contributed by atoms with Gasteiger partial charge < -0.3 is 20.8 Å². The van der Waals surface area contributed by atoms with Gasteiger partial charge in [-0.25, -0.2) is 15.0 Å². The van der Waals surface area contributed by atoms with E-state index in [2.05, 4.69) is 37.4 Å². The molecular formula is C20H21FN6O3S. The van der Waals surface area contributed by atoms with Crippen LogP contribution in [0.5, 0.6) is 0 Å². The summed E-state index contributed by atoms with van der Waals surface area (Å²) >= 11 is 0.910. The monoisotopic (exact) mass is 444 g/mol. The van der Waals surface area contributed by atoms with Gasteiger partial charge >= 0.3 is 0 Å². The topological polar surface area (TPSA) is 125 Å². The van der Waals surface area contributed by atoms with Crippen molar-refractivity contribution in [3.05, 3.63) is 34.3 Å². The molecule has 4 rings (SSSR count). The first kappa shape index (κ1) is 21.2. The van der Waals surface area contributed by atoms with Gasteiger partial charge in [0.1, 0.15) is 6.10 Å². The molecule has 3 aromatic heterocycles. The van der Waals surface area contributed by atoms with Crippen LogP contribution < -0.4 is 10.6 Å². The Labute approximate surface area is 181 Å². The lowest BCUT2D eigenvalue weighted by molar-refractivity contribution is -0.157. The quantitative estimate of drug-likeness (QED) is 0.445. The lowest BCUT2D eigenvalue weighted by Gasteiger charge is -2.34.